The van der Waals surface area contributed by atoms with Gasteiger partial charge in [-0.1, -0.05) is 36.4 Å². The minimum Gasteiger partial charge on any atom is -0.350 e. The summed E-state index contributed by atoms with van der Waals surface area (Å²) in [6.45, 7) is 0.289. The van der Waals surface area contributed by atoms with Crippen molar-refractivity contribution in [2.24, 2.45) is 0 Å². The number of thiophene rings is 1. The van der Waals surface area contributed by atoms with Crippen LogP contribution in [0.25, 0.3) is 21.3 Å². The van der Waals surface area contributed by atoms with Crippen molar-refractivity contribution in [1.82, 2.24) is 19.9 Å². The summed E-state index contributed by atoms with van der Waals surface area (Å²) in [6.07, 6.45) is 4.80. The zero-order chi connectivity index (χ0) is 18.6. The Morgan fingerprint density at radius 2 is 2.00 bits per heavy atom. The average Bonchev–Trinajstić information content (AvgIpc) is 3.15. The molecule has 0 aliphatic heterocycles. The molecule has 0 fully saturated rings. The van der Waals surface area contributed by atoms with Crippen LogP contribution in [0.3, 0.4) is 0 Å². The summed E-state index contributed by atoms with van der Waals surface area (Å²) in [5, 5.41) is 5.28. The molecule has 1 aromatic carbocycles. The van der Waals surface area contributed by atoms with E-state index >= 15 is 0 Å². The van der Waals surface area contributed by atoms with E-state index in [9.17, 15) is 9.59 Å². The van der Waals surface area contributed by atoms with Gasteiger partial charge in [0.15, 0.2) is 0 Å². The second-order valence-electron chi connectivity index (χ2n) is 6.01. The lowest BCUT2D eigenvalue weighted by Crippen LogP contribution is -2.32. The highest BCUT2D eigenvalue weighted by Gasteiger charge is 2.14. The van der Waals surface area contributed by atoms with E-state index in [4.69, 9.17) is 0 Å². The smallest absolute Gasteiger partial charge is 0.263 e. The van der Waals surface area contributed by atoms with E-state index in [1.165, 1.54) is 22.2 Å². The third-order valence-electron chi connectivity index (χ3n) is 4.17. The fraction of sp³-hybridized carbons (Fsp3) is 0.100. The molecule has 0 aliphatic rings. The maximum absolute atomic E-state index is 12.9. The second-order valence-corrected chi connectivity index (χ2v) is 6.87. The van der Waals surface area contributed by atoms with Gasteiger partial charge in [0.05, 0.1) is 11.7 Å². The normalized spacial score (nSPS) is 10.8. The number of nitrogens with one attached hydrogen (secondary N) is 1. The number of nitrogens with zero attached hydrogens (tertiary/aromatic N) is 3. The number of benzene rings is 1. The summed E-state index contributed by atoms with van der Waals surface area (Å²) in [6, 6.07) is 13.4. The molecule has 4 rings (SSSR count). The highest BCUT2D eigenvalue weighted by atomic mass is 32.1. The Balaban J connectivity index is 1.58. The van der Waals surface area contributed by atoms with Crippen molar-refractivity contribution in [2.45, 2.75) is 13.1 Å². The summed E-state index contributed by atoms with van der Waals surface area (Å²) < 4.78 is 1.35. The Hall–Kier alpha value is -3.32. The van der Waals surface area contributed by atoms with Crippen LogP contribution in [-0.2, 0) is 17.9 Å². The molecule has 6 nitrogen and oxygen atoms in total. The lowest BCUT2D eigenvalue weighted by molar-refractivity contribution is -0.121. The summed E-state index contributed by atoms with van der Waals surface area (Å²) in [5.74, 6) is -0.251. The molecule has 0 saturated heterocycles. The molecule has 0 spiro atoms. The molecule has 134 valence electrons. The largest absolute Gasteiger partial charge is 0.350 e. The predicted molar refractivity (Wildman–Crippen MR) is 105 cm³/mol. The zero-order valence-corrected chi connectivity index (χ0v) is 15.1. The van der Waals surface area contributed by atoms with Crippen LogP contribution in [0.1, 0.15) is 5.56 Å². The predicted octanol–water partition coefficient (Wildman–Crippen LogP) is 2.84. The first-order chi connectivity index (χ1) is 13.2. The number of aromatic nitrogens is 3. The van der Waals surface area contributed by atoms with Gasteiger partial charge in [0.2, 0.25) is 5.91 Å². The minimum atomic E-state index is -0.251. The lowest BCUT2D eigenvalue weighted by atomic mass is 10.1. The summed E-state index contributed by atoms with van der Waals surface area (Å²) in [7, 11) is 0. The van der Waals surface area contributed by atoms with Crippen LogP contribution >= 0.6 is 11.3 Å². The van der Waals surface area contributed by atoms with Crippen LogP contribution in [0.5, 0.6) is 0 Å². The van der Waals surface area contributed by atoms with E-state index < -0.39 is 0 Å². The maximum atomic E-state index is 12.9. The summed E-state index contributed by atoms with van der Waals surface area (Å²) in [5.41, 5.74) is 2.49. The average molecular weight is 376 g/mol. The van der Waals surface area contributed by atoms with Gasteiger partial charge in [0.1, 0.15) is 11.4 Å². The zero-order valence-electron chi connectivity index (χ0n) is 14.3. The Bertz CT molecular complexity index is 1140. The Morgan fingerprint density at radius 1 is 1.15 bits per heavy atom. The highest BCUT2D eigenvalue weighted by Crippen LogP contribution is 2.30. The van der Waals surface area contributed by atoms with Gasteiger partial charge < -0.3 is 5.32 Å². The summed E-state index contributed by atoms with van der Waals surface area (Å²) >= 11 is 1.43. The van der Waals surface area contributed by atoms with E-state index in [1.807, 2.05) is 47.8 Å². The topological polar surface area (TPSA) is 76.9 Å². The Labute approximate surface area is 159 Å². The van der Waals surface area contributed by atoms with Gasteiger partial charge in [0.25, 0.3) is 5.56 Å². The second kappa shape index (κ2) is 7.51. The molecule has 1 amide bonds. The molecule has 4 aromatic rings. The van der Waals surface area contributed by atoms with Gasteiger partial charge in [0, 0.05) is 29.9 Å². The van der Waals surface area contributed by atoms with Crippen molar-refractivity contribution in [3.05, 3.63) is 82.5 Å². The first-order valence-corrected chi connectivity index (χ1v) is 9.28. The number of hydrogen-bond acceptors (Lipinski definition) is 5. The van der Waals surface area contributed by atoms with Gasteiger partial charge in [-0.3, -0.25) is 19.1 Å². The van der Waals surface area contributed by atoms with Crippen molar-refractivity contribution in [3.8, 4) is 11.1 Å². The number of carbonyl (C=O) groups excluding carboxylic acids is 1. The number of carbonyl (C=O) groups is 1. The molecule has 1 N–H and O–H groups in total. The molecule has 7 heteroatoms. The van der Waals surface area contributed by atoms with Crippen LogP contribution in [0.4, 0.5) is 0 Å². The van der Waals surface area contributed by atoms with E-state index in [-0.39, 0.29) is 18.0 Å². The van der Waals surface area contributed by atoms with Crippen LogP contribution in [0.2, 0.25) is 0 Å². The molecular weight excluding hydrogens is 360 g/mol. The SMILES string of the molecule is O=C(Cn1cnc2scc(-c3ccccc3)c2c1=O)NCc1cccnc1. The lowest BCUT2D eigenvalue weighted by Gasteiger charge is -2.08. The fourth-order valence-electron chi connectivity index (χ4n) is 2.82. The number of hydrogen-bond donors (Lipinski definition) is 1. The molecular formula is C20H16N4O2S. The first-order valence-electron chi connectivity index (χ1n) is 8.40. The molecule has 0 bridgehead atoms. The van der Waals surface area contributed by atoms with Crippen LogP contribution in [-0.4, -0.2) is 20.4 Å². The third-order valence-corrected chi connectivity index (χ3v) is 5.06. The van der Waals surface area contributed by atoms with E-state index in [0.717, 1.165) is 16.7 Å². The molecule has 27 heavy (non-hydrogen) atoms. The quantitative estimate of drug-likeness (QED) is 0.581. The summed E-state index contributed by atoms with van der Waals surface area (Å²) in [4.78, 5) is 34.2. The number of pyridine rings is 1. The molecule has 3 aromatic heterocycles. The van der Waals surface area contributed by atoms with Crippen LogP contribution in [0.15, 0.2) is 71.4 Å². The maximum Gasteiger partial charge on any atom is 0.263 e. The third kappa shape index (κ3) is 3.63. The molecule has 0 saturated carbocycles. The van der Waals surface area contributed by atoms with Crippen molar-refractivity contribution < 1.29 is 4.79 Å². The van der Waals surface area contributed by atoms with Crippen molar-refractivity contribution in [1.29, 1.82) is 0 Å². The van der Waals surface area contributed by atoms with Gasteiger partial charge in [-0.05, 0) is 17.2 Å². The van der Waals surface area contributed by atoms with Crippen molar-refractivity contribution >= 4 is 27.5 Å². The van der Waals surface area contributed by atoms with Crippen molar-refractivity contribution in [2.75, 3.05) is 0 Å². The van der Waals surface area contributed by atoms with E-state index in [2.05, 4.69) is 15.3 Å². The Kier molecular flexibility index (Phi) is 4.76. The van der Waals surface area contributed by atoms with Gasteiger partial charge in [-0.25, -0.2) is 4.98 Å². The van der Waals surface area contributed by atoms with Crippen LogP contribution < -0.4 is 10.9 Å². The number of amides is 1. The first kappa shape index (κ1) is 17.1. The highest BCUT2D eigenvalue weighted by molar-refractivity contribution is 7.17. The van der Waals surface area contributed by atoms with E-state index in [1.54, 1.807) is 12.4 Å². The Morgan fingerprint density at radius 3 is 2.78 bits per heavy atom. The monoisotopic (exact) mass is 376 g/mol. The molecule has 3 heterocycles. The van der Waals surface area contributed by atoms with E-state index in [0.29, 0.717) is 16.8 Å². The number of fused-ring (bicyclic) bond motifs is 1. The van der Waals surface area contributed by atoms with Crippen molar-refractivity contribution in [3.63, 3.8) is 0 Å². The van der Waals surface area contributed by atoms with Gasteiger partial charge in [-0.2, -0.15) is 0 Å². The molecule has 0 unspecified atom stereocenters. The minimum absolute atomic E-state index is 0.0773. The van der Waals surface area contributed by atoms with Crippen LogP contribution in [0, 0.1) is 0 Å². The molecule has 0 atom stereocenters. The number of rotatable bonds is 5. The van der Waals surface area contributed by atoms with Gasteiger partial charge >= 0.3 is 0 Å². The molecule has 0 aliphatic carbocycles. The van der Waals surface area contributed by atoms with Gasteiger partial charge in [-0.15, -0.1) is 11.3 Å². The standard InChI is InChI=1S/C20H16N4O2S/c25-17(22-10-14-5-4-8-21-9-14)11-24-13-23-19-18(20(24)26)16(12-27-19)15-6-2-1-3-7-15/h1-9,12-13H,10-11H2,(H,22,25). The fourth-order valence-corrected chi connectivity index (χ4v) is 3.73. The molecule has 0 radical (unpaired) electrons.